The quantitative estimate of drug-likeness (QED) is 0.785. The second kappa shape index (κ2) is 5.18. The number of benzene rings is 1. The summed E-state index contributed by atoms with van der Waals surface area (Å²) >= 11 is 0. The van der Waals surface area contributed by atoms with E-state index in [1.165, 1.54) is 6.26 Å². The molecule has 0 atom stereocenters. The zero-order valence-electron chi connectivity index (χ0n) is 8.21. The maximum absolute atomic E-state index is 11.6. The molecule has 2 rings (SSSR count). The Morgan fingerprint density at radius 3 is 2.81 bits per heavy atom. The molecule has 0 spiro atoms. The highest BCUT2D eigenvalue weighted by Crippen LogP contribution is 2.09. The fraction of sp³-hybridized carbons (Fsp3) is 0. The minimum atomic E-state index is -0.267. The fourth-order valence-electron chi connectivity index (χ4n) is 1.15. The fourth-order valence-corrected chi connectivity index (χ4v) is 1.15. The minimum absolute atomic E-state index is 0. The third-order valence-corrected chi connectivity index (χ3v) is 1.83. The van der Waals surface area contributed by atoms with Crippen LogP contribution >= 0.6 is 12.4 Å². The van der Waals surface area contributed by atoms with E-state index in [1.54, 1.807) is 30.3 Å². The maximum atomic E-state index is 11.6. The number of halogens is 1. The van der Waals surface area contributed by atoms with E-state index in [0.29, 0.717) is 17.1 Å². The average Bonchev–Trinajstić information content (AvgIpc) is 2.70. The van der Waals surface area contributed by atoms with Gasteiger partial charge in [0.05, 0.1) is 0 Å². The smallest absolute Gasteiger partial charge is 0.256 e. The highest BCUT2D eigenvalue weighted by molar-refractivity contribution is 6.04. The van der Waals surface area contributed by atoms with Crippen LogP contribution in [-0.4, -0.2) is 11.1 Å². The summed E-state index contributed by atoms with van der Waals surface area (Å²) in [4.78, 5) is 11.6. The third kappa shape index (κ3) is 2.74. The number of nitrogens with zero attached hydrogens (tertiary/aromatic N) is 1. The molecule has 0 aliphatic carbocycles. The molecule has 1 amide bonds. The molecule has 16 heavy (non-hydrogen) atoms. The van der Waals surface area contributed by atoms with E-state index in [4.69, 9.17) is 5.73 Å². The van der Waals surface area contributed by atoms with Gasteiger partial charge in [-0.05, 0) is 18.2 Å². The van der Waals surface area contributed by atoms with Crippen LogP contribution < -0.4 is 11.1 Å². The molecular weight excluding hydrogens is 230 g/mol. The number of nitrogens with two attached hydrogens (primary N) is 1. The molecule has 2 aromatic rings. The molecule has 5 nitrogen and oxygen atoms in total. The van der Waals surface area contributed by atoms with Crippen molar-refractivity contribution >= 4 is 29.8 Å². The van der Waals surface area contributed by atoms with E-state index in [1.807, 2.05) is 0 Å². The lowest BCUT2D eigenvalue weighted by molar-refractivity contribution is 0.102. The van der Waals surface area contributed by atoms with E-state index in [9.17, 15) is 4.79 Å². The Hall–Kier alpha value is -2.01. The van der Waals surface area contributed by atoms with Crippen molar-refractivity contribution in [2.24, 2.45) is 0 Å². The molecular formula is C10H10ClN3O2. The van der Waals surface area contributed by atoms with Crippen LogP contribution in [0.1, 0.15) is 10.4 Å². The number of aromatic nitrogens is 1. The van der Waals surface area contributed by atoms with Crippen LogP contribution in [-0.2, 0) is 0 Å². The Balaban J connectivity index is 0.00000128. The Labute approximate surface area is 98.0 Å². The normalized spacial score (nSPS) is 9.25. The predicted octanol–water partition coefficient (Wildman–Crippen LogP) is 1.93. The highest BCUT2D eigenvalue weighted by atomic mass is 35.5. The van der Waals surface area contributed by atoms with Gasteiger partial charge in [-0.2, -0.15) is 0 Å². The molecule has 0 unspecified atom stereocenters. The van der Waals surface area contributed by atoms with E-state index in [-0.39, 0.29) is 18.3 Å². The summed E-state index contributed by atoms with van der Waals surface area (Å²) in [7, 11) is 0. The third-order valence-electron chi connectivity index (χ3n) is 1.83. The van der Waals surface area contributed by atoms with Gasteiger partial charge in [0.15, 0.2) is 5.82 Å². The van der Waals surface area contributed by atoms with Gasteiger partial charge >= 0.3 is 0 Å². The summed E-state index contributed by atoms with van der Waals surface area (Å²) in [6, 6.07) is 8.26. The Morgan fingerprint density at radius 1 is 1.38 bits per heavy atom. The molecule has 6 heteroatoms. The van der Waals surface area contributed by atoms with Gasteiger partial charge in [0, 0.05) is 17.3 Å². The van der Waals surface area contributed by atoms with Gasteiger partial charge < -0.3 is 15.6 Å². The molecule has 3 N–H and O–H groups in total. The van der Waals surface area contributed by atoms with Crippen molar-refractivity contribution in [3.8, 4) is 0 Å². The van der Waals surface area contributed by atoms with Gasteiger partial charge in [-0.15, -0.1) is 12.4 Å². The lowest BCUT2D eigenvalue weighted by Crippen LogP contribution is -2.12. The van der Waals surface area contributed by atoms with Crippen molar-refractivity contribution < 1.29 is 9.32 Å². The number of carbonyl (C=O) groups is 1. The van der Waals surface area contributed by atoms with Crippen molar-refractivity contribution in [1.29, 1.82) is 0 Å². The monoisotopic (exact) mass is 239 g/mol. The molecule has 1 aromatic heterocycles. The van der Waals surface area contributed by atoms with E-state index < -0.39 is 0 Å². The van der Waals surface area contributed by atoms with Crippen LogP contribution in [0.3, 0.4) is 0 Å². The number of nitrogen functional groups attached to an aromatic ring is 1. The molecule has 0 aliphatic rings. The van der Waals surface area contributed by atoms with Crippen molar-refractivity contribution in [3.05, 3.63) is 42.2 Å². The lowest BCUT2D eigenvalue weighted by Gasteiger charge is -2.01. The Bertz CT molecular complexity index is 471. The molecule has 1 aromatic carbocycles. The van der Waals surface area contributed by atoms with Crippen LogP contribution in [0.4, 0.5) is 11.5 Å². The molecule has 0 radical (unpaired) electrons. The number of anilines is 2. The number of hydrogen-bond acceptors (Lipinski definition) is 4. The van der Waals surface area contributed by atoms with Crippen molar-refractivity contribution in [1.82, 2.24) is 5.16 Å². The first kappa shape index (κ1) is 12.1. The molecule has 84 valence electrons. The molecule has 0 fully saturated rings. The molecule has 0 saturated heterocycles. The van der Waals surface area contributed by atoms with Gasteiger partial charge in [0.25, 0.3) is 5.91 Å². The Morgan fingerprint density at radius 2 is 2.19 bits per heavy atom. The molecule has 0 bridgehead atoms. The van der Waals surface area contributed by atoms with Crippen LogP contribution in [0.2, 0.25) is 0 Å². The first-order valence-corrected chi connectivity index (χ1v) is 4.33. The summed E-state index contributed by atoms with van der Waals surface area (Å²) in [5.74, 6) is 0.110. The van der Waals surface area contributed by atoms with Gasteiger partial charge in [0.2, 0.25) is 0 Å². The maximum Gasteiger partial charge on any atom is 0.256 e. The zero-order chi connectivity index (χ0) is 10.7. The average molecular weight is 240 g/mol. The van der Waals surface area contributed by atoms with Gasteiger partial charge in [0.1, 0.15) is 6.26 Å². The van der Waals surface area contributed by atoms with Crippen LogP contribution in [0.25, 0.3) is 0 Å². The van der Waals surface area contributed by atoms with Crippen molar-refractivity contribution in [3.63, 3.8) is 0 Å². The zero-order valence-corrected chi connectivity index (χ0v) is 9.03. The molecule has 1 heterocycles. The number of carbonyl (C=O) groups excluding carboxylic acids is 1. The van der Waals surface area contributed by atoms with Crippen LogP contribution in [0, 0.1) is 0 Å². The van der Waals surface area contributed by atoms with Gasteiger partial charge in [-0.1, -0.05) is 11.2 Å². The SMILES string of the molecule is Cl.Nc1cccc(C(=O)Nc2ccon2)c1. The highest BCUT2D eigenvalue weighted by Gasteiger charge is 2.07. The summed E-state index contributed by atoms with van der Waals surface area (Å²) in [5, 5.41) is 6.13. The summed E-state index contributed by atoms with van der Waals surface area (Å²) in [6.07, 6.45) is 1.38. The van der Waals surface area contributed by atoms with E-state index in [2.05, 4.69) is 15.0 Å². The predicted molar refractivity (Wildman–Crippen MR) is 62.6 cm³/mol. The number of hydrogen-bond donors (Lipinski definition) is 2. The van der Waals surface area contributed by atoms with Crippen LogP contribution in [0.15, 0.2) is 41.1 Å². The van der Waals surface area contributed by atoms with Gasteiger partial charge in [-0.25, -0.2) is 0 Å². The summed E-state index contributed by atoms with van der Waals surface area (Å²) < 4.78 is 4.59. The largest absolute Gasteiger partial charge is 0.399 e. The molecule has 0 aliphatic heterocycles. The summed E-state index contributed by atoms with van der Waals surface area (Å²) in [5.41, 5.74) is 6.58. The van der Waals surface area contributed by atoms with E-state index in [0.717, 1.165) is 0 Å². The first-order chi connectivity index (χ1) is 7.25. The van der Waals surface area contributed by atoms with Crippen molar-refractivity contribution in [2.45, 2.75) is 0 Å². The molecule has 0 saturated carbocycles. The van der Waals surface area contributed by atoms with Gasteiger partial charge in [-0.3, -0.25) is 4.79 Å². The topological polar surface area (TPSA) is 81.2 Å². The second-order valence-electron chi connectivity index (χ2n) is 2.96. The lowest BCUT2D eigenvalue weighted by atomic mass is 10.2. The summed E-state index contributed by atoms with van der Waals surface area (Å²) in [6.45, 7) is 0. The van der Waals surface area contributed by atoms with Crippen LogP contribution in [0.5, 0.6) is 0 Å². The first-order valence-electron chi connectivity index (χ1n) is 4.33. The van der Waals surface area contributed by atoms with E-state index >= 15 is 0 Å². The number of nitrogens with one attached hydrogen (secondary N) is 1. The number of amides is 1. The standard InChI is InChI=1S/C10H9N3O2.ClH/c11-8-3-1-2-7(6-8)10(14)12-9-4-5-15-13-9;/h1-6H,11H2,(H,12,13,14);1H. The Kier molecular flexibility index (Phi) is 3.90. The second-order valence-corrected chi connectivity index (χ2v) is 2.96. The van der Waals surface area contributed by atoms with Crippen molar-refractivity contribution in [2.75, 3.05) is 11.1 Å². The minimum Gasteiger partial charge on any atom is -0.399 e. The number of rotatable bonds is 2.